The molecule has 21 heavy (non-hydrogen) atoms. The fraction of sp³-hybridized carbons (Fsp3) is 0.824. The van der Waals surface area contributed by atoms with Crippen molar-refractivity contribution in [3.63, 3.8) is 0 Å². The van der Waals surface area contributed by atoms with Crippen molar-refractivity contribution in [1.82, 2.24) is 15.1 Å². The third kappa shape index (κ3) is 4.30. The lowest BCUT2D eigenvalue weighted by molar-refractivity contribution is 0.00348. The predicted molar refractivity (Wildman–Crippen MR) is 86.5 cm³/mol. The van der Waals surface area contributed by atoms with Gasteiger partial charge in [-0.3, -0.25) is 4.68 Å². The Hall–Kier alpha value is -0.870. The molecule has 4 heteroatoms. The maximum absolute atomic E-state index is 5.89. The number of hydrogen-bond donors (Lipinski definition) is 1. The molecule has 1 aliphatic rings. The van der Waals surface area contributed by atoms with Crippen LogP contribution in [0.4, 0.5) is 0 Å². The molecule has 0 aliphatic carbocycles. The zero-order valence-electron chi connectivity index (χ0n) is 14.1. The van der Waals surface area contributed by atoms with Gasteiger partial charge in [0.05, 0.1) is 18.3 Å². The third-order valence-electron chi connectivity index (χ3n) is 4.26. The topological polar surface area (TPSA) is 39.1 Å². The molecule has 1 aromatic rings. The van der Waals surface area contributed by atoms with Gasteiger partial charge in [0.2, 0.25) is 0 Å². The predicted octanol–water partition coefficient (Wildman–Crippen LogP) is 3.08. The molecule has 1 unspecified atom stereocenters. The molecule has 120 valence electrons. The summed E-state index contributed by atoms with van der Waals surface area (Å²) in [6.07, 6.45) is 6.05. The first-order chi connectivity index (χ1) is 10.2. The van der Waals surface area contributed by atoms with Gasteiger partial charge in [-0.15, -0.1) is 0 Å². The third-order valence-corrected chi connectivity index (χ3v) is 4.26. The average molecular weight is 293 g/mol. The quantitative estimate of drug-likeness (QED) is 0.839. The largest absolute Gasteiger partial charge is 0.376 e. The van der Waals surface area contributed by atoms with Gasteiger partial charge in [-0.1, -0.05) is 27.7 Å². The lowest BCUT2D eigenvalue weighted by Gasteiger charge is -2.23. The van der Waals surface area contributed by atoms with E-state index in [9.17, 15) is 0 Å². The van der Waals surface area contributed by atoms with Gasteiger partial charge >= 0.3 is 0 Å². The van der Waals surface area contributed by atoms with E-state index < -0.39 is 0 Å². The highest BCUT2D eigenvalue weighted by Gasteiger charge is 2.20. The minimum absolute atomic E-state index is 0.347. The minimum Gasteiger partial charge on any atom is -0.376 e. The summed E-state index contributed by atoms with van der Waals surface area (Å²) in [6, 6.07) is 0.504. The fourth-order valence-electron chi connectivity index (χ4n) is 3.07. The van der Waals surface area contributed by atoms with Crippen molar-refractivity contribution in [2.45, 2.75) is 85.0 Å². The Morgan fingerprint density at radius 2 is 2.10 bits per heavy atom. The normalized spacial score (nSPS) is 19.4. The molecular weight excluding hydrogens is 262 g/mol. The van der Waals surface area contributed by atoms with Crippen LogP contribution in [0, 0.1) is 0 Å². The lowest BCUT2D eigenvalue weighted by Crippen LogP contribution is -2.26. The molecule has 0 radical (unpaired) electrons. The summed E-state index contributed by atoms with van der Waals surface area (Å²) in [5.74, 6) is 0. The van der Waals surface area contributed by atoms with Crippen LogP contribution >= 0.6 is 0 Å². The summed E-state index contributed by atoms with van der Waals surface area (Å²) in [5.41, 5.74) is 4.04. The van der Waals surface area contributed by atoms with E-state index in [1.165, 1.54) is 36.2 Å². The van der Waals surface area contributed by atoms with Crippen LogP contribution in [0.1, 0.15) is 63.9 Å². The molecule has 0 saturated carbocycles. The molecule has 1 aromatic heterocycles. The molecule has 1 N–H and O–H groups in total. The molecule has 4 nitrogen and oxygen atoms in total. The van der Waals surface area contributed by atoms with Crippen molar-refractivity contribution in [2.24, 2.45) is 0 Å². The highest BCUT2D eigenvalue weighted by molar-refractivity contribution is 5.27. The molecule has 1 atom stereocenters. The molecule has 2 heterocycles. The zero-order chi connectivity index (χ0) is 15.2. The maximum atomic E-state index is 5.89. The summed E-state index contributed by atoms with van der Waals surface area (Å²) in [7, 11) is 0. The first kappa shape index (κ1) is 16.5. The standard InChI is InChI=1S/C17H31N3O/c1-5-16-15(11-18-13(3)4)17(6-2)20(19-16)12-14-9-7-8-10-21-14/h13-14,18H,5-12H2,1-4H3. The summed E-state index contributed by atoms with van der Waals surface area (Å²) < 4.78 is 8.10. The van der Waals surface area contributed by atoms with E-state index in [-0.39, 0.29) is 0 Å². The molecule has 0 amide bonds. The van der Waals surface area contributed by atoms with Crippen molar-refractivity contribution in [3.8, 4) is 0 Å². The van der Waals surface area contributed by atoms with Crippen molar-refractivity contribution < 1.29 is 4.74 Å². The minimum atomic E-state index is 0.347. The molecule has 1 fully saturated rings. The SMILES string of the molecule is CCc1nn(CC2CCCCO2)c(CC)c1CNC(C)C. The van der Waals surface area contributed by atoms with Crippen LogP contribution < -0.4 is 5.32 Å². The monoisotopic (exact) mass is 293 g/mol. The highest BCUT2D eigenvalue weighted by atomic mass is 16.5. The van der Waals surface area contributed by atoms with E-state index in [0.29, 0.717) is 12.1 Å². The Labute approximate surface area is 129 Å². The number of ether oxygens (including phenoxy) is 1. The van der Waals surface area contributed by atoms with Gasteiger partial charge in [0, 0.05) is 30.5 Å². The molecule has 1 aliphatic heterocycles. The van der Waals surface area contributed by atoms with E-state index in [0.717, 1.165) is 32.5 Å². The van der Waals surface area contributed by atoms with Crippen molar-refractivity contribution in [1.29, 1.82) is 0 Å². The Morgan fingerprint density at radius 3 is 2.67 bits per heavy atom. The van der Waals surface area contributed by atoms with Gasteiger partial charge < -0.3 is 10.1 Å². The lowest BCUT2D eigenvalue weighted by atomic mass is 10.1. The molecule has 1 saturated heterocycles. The van der Waals surface area contributed by atoms with Crippen LogP contribution in [0.15, 0.2) is 0 Å². The van der Waals surface area contributed by atoms with Crippen molar-refractivity contribution >= 4 is 0 Å². The Morgan fingerprint density at radius 1 is 1.29 bits per heavy atom. The fourth-order valence-corrected chi connectivity index (χ4v) is 3.07. The second kappa shape index (κ2) is 7.95. The first-order valence-electron chi connectivity index (χ1n) is 8.58. The summed E-state index contributed by atoms with van der Waals surface area (Å²) in [6.45, 7) is 11.6. The van der Waals surface area contributed by atoms with Crippen molar-refractivity contribution in [2.75, 3.05) is 6.61 Å². The Balaban J connectivity index is 2.15. The number of nitrogens with zero attached hydrogens (tertiary/aromatic N) is 2. The molecule has 0 spiro atoms. The van der Waals surface area contributed by atoms with Crippen LogP contribution in [0.25, 0.3) is 0 Å². The van der Waals surface area contributed by atoms with Gasteiger partial charge in [0.1, 0.15) is 0 Å². The smallest absolute Gasteiger partial charge is 0.0771 e. The molecular formula is C17H31N3O. The van der Waals surface area contributed by atoms with Gasteiger partial charge in [-0.25, -0.2) is 0 Å². The van der Waals surface area contributed by atoms with E-state index >= 15 is 0 Å². The summed E-state index contributed by atoms with van der Waals surface area (Å²) in [5, 5.41) is 8.41. The average Bonchev–Trinajstić information content (AvgIpc) is 2.82. The summed E-state index contributed by atoms with van der Waals surface area (Å²) >= 11 is 0. The van der Waals surface area contributed by atoms with Crippen molar-refractivity contribution in [3.05, 3.63) is 17.0 Å². The first-order valence-corrected chi connectivity index (χ1v) is 8.58. The second-order valence-electron chi connectivity index (χ2n) is 6.29. The van der Waals surface area contributed by atoms with E-state index in [4.69, 9.17) is 9.84 Å². The van der Waals surface area contributed by atoms with Gasteiger partial charge in [-0.2, -0.15) is 5.10 Å². The van der Waals surface area contributed by atoms with E-state index in [1.807, 2.05) is 0 Å². The van der Waals surface area contributed by atoms with Crippen LogP contribution in [-0.4, -0.2) is 28.5 Å². The number of aromatic nitrogens is 2. The van der Waals surface area contributed by atoms with Gasteiger partial charge in [0.25, 0.3) is 0 Å². The molecule has 0 aromatic carbocycles. The Bertz CT molecular complexity index is 433. The molecule has 0 bridgehead atoms. The Kier molecular flexibility index (Phi) is 6.24. The number of aryl methyl sites for hydroxylation is 1. The van der Waals surface area contributed by atoms with Gasteiger partial charge in [-0.05, 0) is 32.1 Å². The highest BCUT2D eigenvalue weighted by Crippen LogP contribution is 2.20. The number of rotatable bonds is 7. The van der Waals surface area contributed by atoms with Crippen LogP contribution in [-0.2, 0) is 30.7 Å². The maximum Gasteiger partial charge on any atom is 0.0771 e. The van der Waals surface area contributed by atoms with Crippen LogP contribution in [0.3, 0.4) is 0 Å². The second-order valence-corrected chi connectivity index (χ2v) is 6.29. The van der Waals surface area contributed by atoms with Crippen LogP contribution in [0.5, 0.6) is 0 Å². The van der Waals surface area contributed by atoms with Gasteiger partial charge in [0.15, 0.2) is 0 Å². The van der Waals surface area contributed by atoms with Crippen LogP contribution in [0.2, 0.25) is 0 Å². The number of hydrogen-bond acceptors (Lipinski definition) is 3. The number of nitrogens with one attached hydrogen (secondary N) is 1. The van der Waals surface area contributed by atoms with E-state index in [2.05, 4.69) is 37.7 Å². The van der Waals surface area contributed by atoms with E-state index in [1.54, 1.807) is 0 Å². The molecule has 2 rings (SSSR count). The zero-order valence-corrected chi connectivity index (χ0v) is 14.1. The summed E-state index contributed by atoms with van der Waals surface area (Å²) in [4.78, 5) is 0.